The summed E-state index contributed by atoms with van der Waals surface area (Å²) in [6.07, 6.45) is 2.18. The highest BCUT2D eigenvalue weighted by molar-refractivity contribution is 5.81. The molecule has 4 rings (SSSR count). The van der Waals surface area contributed by atoms with E-state index >= 15 is 0 Å². The number of hydrogen-bond donors (Lipinski definition) is 2. The number of nitrogen functional groups attached to an aromatic ring is 1. The summed E-state index contributed by atoms with van der Waals surface area (Å²) in [6, 6.07) is 8.29. The van der Waals surface area contributed by atoms with Crippen LogP contribution in [0.4, 0.5) is 5.82 Å². The Kier molecular flexibility index (Phi) is 8.55. The number of unbranched alkanes of at least 4 members (excludes halogenated alkanes) is 1. The molecule has 1 fully saturated rings. The van der Waals surface area contributed by atoms with Crippen molar-refractivity contribution in [2.24, 2.45) is 0 Å². The van der Waals surface area contributed by atoms with E-state index in [1.807, 2.05) is 12.1 Å². The van der Waals surface area contributed by atoms with Gasteiger partial charge >= 0.3 is 17.7 Å². The Balaban J connectivity index is 1.32. The molecule has 0 bridgehead atoms. The Hall–Kier alpha value is -3.44. The van der Waals surface area contributed by atoms with Crippen LogP contribution in [0.1, 0.15) is 30.9 Å². The molecular formula is C25H35N7O4. The Morgan fingerprint density at radius 3 is 2.61 bits per heavy atom. The first-order valence-electron chi connectivity index (χ1n) is 12.4. The zero-order chi connectivity index (χ0) is 25.5. The number of carbonyl (C=O) groups is 1. The second-order valence-corrected chi connectivity index (χ2v) is 9.06. The molecule has 3 heterocycles. The maximum atomic E-state index is 12.6. The summed E-state index contributed by atoms with van der Waals surface area (Å²) in [5, 5.41) is 0. The summed E-state index contributed by atoms with van der Waals surface area (Å²) in [6.45, 7) is 8.31. The highest BCUT2D eigenvalue weighted by Gasteiger charge is 2.19. The molecule has 0 saturated carbocycles. The number of imidazole rings is 1. The van der Waals surface area contributed by atoms with Gasteiger partial charge in [0, 0.05) is 45.8 Å². The number of rotatable bonds is 11. The maximum Gasteiger partial charge on any atom is 0.327 e. The second kappa shape index (κ2) is 12.0. The second-order valence-electron chi connectivity index (χ2n) is 9.06. The number of nitrogens with one attached hydrogen (secondary N) is 1. The molecule has 0 spiro atoms. The first kappa shape index (κ1) is 25.6. The van der Waals surface area contributed by atoms with Crippen LogP contribution in [-0.4, -0.2) is 81.7 Å². The highest BCUT2D eigenvalue weighted by atomic mass is 16.5. The lowest BCUT2D eigenvalue weighted by atomic mass is 10.1. The Labute approximate surface area is 210 Å². The fourth-order valence-corrected chi connectivity index (χ4v) is 4.36. The minimum Gasteiger partial charge on any atom is -0.469 e. The van der Waals surface area contributed by atoms with Gasteiger partial charge in [-0.25, -0.2) is 4.79 Å². The first-order chi connectivity index (χ1) is 17.5. The summed E-state index contributed by atoms with van der Waals surface area (Å²) >= 11 is 0. The number of piperazine rings is 1. The number of ether oxygens (including phenoxy) is 2. The standard InChI is InChI=1S/C25H35N7O4/c1-3-4-14-36-24-28-22(26)21-23(29-24)32(25(34)27-21)13-12-30-8-10-31(11-9-30)17-19-7-5-6-18(15-19)16-20(33)35-2/h5-7,15H,3-4,8-14,16-17H2,1-2H3,(H,27,34)(H2,26,28,29). The predicted molar refractivity (Wildman–Crippen MR) is 137 cm³/mol. The molecule has 1 aliphatic rings. The normalized spacial score (nSPS) is 14.8. The predicted octanol–water partition coefficient (Wildman–Crippen LogP) is 1.41. The van der Waals surface area contributed by atoms with Gasteiger partial charge < -0.3 is 20.2 Å². The molecule has 0 unspecified atom stereocenters. The van der Waals surface area contributed by atoms with Crippen molar-refractivity contribution in [2.75, 3.05) is 52.2 Å². The van der Waals surface area contributed by atoms with Gasteiger partial charge in [0.25, 0.3) is 0 Å². The molecule has 11 heteroatoms. The fraction of sp³-hybridized carbons (Fsp3) is 0.520. The fourth-order valence-electron chi connectivity index (χ4n) is 4.36. The third-order valence-electron chi connectivity index (χ3n) is 6.44. The monoisotopic (exact) mass is 497 g/mol. The number of fused-ring (bicyclic) bond motifs is 1. The van der Waals surface area contributed by atoms with E-state index in [0.717, 1.165) is 57.7 Å². The largest absolute Gasteiger partial charge is 0.469 e. The van der Waals surface area contributed by atoms with Gasteiger partial charge in [0.1, 0.15) is 5.52 Å². The van der Waals surface area contributed by atoms with Crippen molar-refractivity contribution in [3.63, 3.8) is 0 Å². The lowest BCUT2D eigenvalue weighted by Gasteiger charge is -2.34. The van der Waals surface area contributed by atoms with Gasteiger partial charge in [-0.3, -0.25) is 19.2 Å². The highest BCUT2D eigenvalue weighted by Crippen LogP contribution is 2.18. The molecule has 194 valence electrons. The number of aromatic nitrogens is 4. The molecule has 2 aromatic heterocycles. The lowest BCUT2D eigenvalue weighted by molar-refractivity contribution is -0.139. The van der Waals surface area contributed by atoms with Gasteiger partial charge in [0.2, 0.25) is 0 Å². The molecule has 3 N–H and O–H groups in total. The van der Waals surface area contributed by atoms with Crippen LogP contribution in [0.15, 0.2) is 29.1 Å². The number of aromatic amines is 1. The number of esters is 1. The van der Waals surface area contributed by atoms with E-state index in [0.29, 0.717) is 24.3 Å². The van der Waals surface area contributed by atoms with E-state index in [2.05, 4.69) is 43.8 Å². The molecule has 36 heavy (non-hydrogen) atoms. The SMILES string of the molecule is CCCCOc1nc(N)c2[nH]c(=O)n(CCN3CCN(Cc4cccc(CC(=O)OC)c4)CC3)c2n1. The molecule has 0 atom stereocenters. The van der Waals surface area contributed by atoms with Gasteiger partial charge in [-0.15, -0.1) is 0 Å². The van der Waals surface area contributed by atoms with Crippen LogP contribution in [0.2, 0.25) is 0 Å². The number of methoxy groups -OCH3 is 1. The Morgan fingerprint density at radius 1 is 1.11 bits per heavy atom. The van der Waals surface area contributed by atoms with Crippen LogP contribution in [0.25, 0.3) is 11.2 Å². The summed E-state index contributed by atoms with van der Waals surface area (Å²) in [4.78, 5) is 40.3. The summed E-state index contributed by atoms with van der Waals surface area (Å²) in [5.74, 6) is -0.0175. The van der Waals surface area contributed by atoms with E-state index in [4.69, 9.17) is 15.2 Å². The zero-order valence-electron chi connectivity index (χ0n) is 21.0. The average Bonchev–Trinajstić information content (AvgIpc) is 3.19. The van der Waals surface area contributed by atoms with E-state index < -0.39 is 0 Å². The van der Waals surface area contributed by atoms with Crippen LogP contribution < -0.4 is 16.2 Å². The van der Waals surface area contributed by atoms with Crippen molar-refractivity contribution in [3.8, 4) is 6.01 Å². The van der Waals surface area contributed by atoms with Crippen molar-refractivity contribution >= 4 is 23.0 Å². The van der Waals surface area contributed by atoms with Crippen LogP contribution in [0.5, 0.6) is 6.01 Å². The van der Waals surface area contributed by atoms with Gasteiger partial charge in [-0.1, -0.05) is 37.6 Å². The van der Waals surface area contributed by atoms with Crippen LogP contribution in [-0.2, 0) is 29.0 Å². The number of H-pyrrole nitrogens is 1. The molecule has 0 amide bonds. The number of carbonyl (C=O) groups excluding carboxylic acids is 1. The van der Waals surface area contributed by atoms with Crippen molar-refractivity contribution in [1.82, 2.24) is 29.3 Å². The minimum absolute atomic E-state index is 0.200. The first-order valence-corrected chi connectivity index (χ1v) is 12.4. The van der Waals surface area contributed by atoms with Crippen molar-refractivity contribution in [2.45, 2.75) is 39.3 Å². The molecule has 1 aliphatic heterocycles. The van der Waals surface area contributed by atoms with Crippen molar-refractivity contribution in [3.05, 3.63) is 45.9 Å². The summed E-state index contributed by atoms with van der Waals surface area (Å²) in [7, 11) is 1.41. The molecule has 1 aromatic carbocycles. The van der Waals surface area contributed by atoms with Gasteiger partial charge in [-0.05, 0) is 17.5 Å². The molecule has 0 radical (unpaired) electrons. The lowest BCUT2D eigenvalue weighted by Crippen LogP contribution is -2.47. The summed E-state index contributed by atoms with van der Waals surface area (Å²) < 4.78 is 12.0. The molecule has 11 nitrogen and oxygen atoms in total. The van der Waals surface area contributed by atoms with Gasteiger partial charge in [-0.2, -0.15) is 9.97 Å². The van der Waals surface area contributed by atoms with E-state index in [1.54, 1.807) is 4.57 Å². The van der Waals surface area contributed by atoms with E-state index in [1.165, 1.54) is 12.7 Å². The molecular weight excluding hydrogens is 462 g/mol. The topological polar surface area (TPSA) is 132 Å². The van der Waals surface area contributed by atoms with Crippen LogP contribution >= 0.6 is 0 Å². The van der Waals surface area contributed by atoms with E-state index in [9.17, 15) is 9.59 Å². The number of nitrogens with two attached hydrogens (primary N) is 1. The van der Waals surface area contributed by atoms with Gasteiger partial charge in [0.15, 0.2) is 11.5 Å². The third kappa shape index (κ3) is 6.41. The average molecular weight is 498 g/mol. The maximum absolute atomic E-state index is 12.6. The van der Waals surface area contributed by atoms with Crippen LogP contribution in [0, 0.1) is 0 Å². The van der Waals surface area contributed by atoms with Gasteiger partial charge in [0.05, 0.1) is 20.1 Å². The minimum atomic E-state index is -0.248. The number of benzene rings is 1. The number of anilines is 1. The number of nitrogens with zero attached hydrogens (tertiary/aromatic N) is 5. The molecule has 3 aromatic rings. The molecule has 0 aliphatic carbocycles. The summed E-state index contributed by atoms with van der Waals surface area (Å²) in [5.41, 5.74) is 8.87. The smallest absolute Gasteiger partial charge is 0.327 e. The molecule has 1 saturated heterocycles. The van der Waals surface area contributed by atoms with Crippen LogP contribution in [0.3, 0.4) is 0 Å². The van der Waals surface area contributed by atoms with Crippen molar-refractivity contribution in [1.29, 1.82) is 0 Å². The third-order valence-corrected chi connectivity index (χ3v) is 6.44. The number of hydrogen-bond acceptors (Lipinski definition) is 9. The Morgan fingerprint density at radius 2 is 1.86 bits per heavy atom. The van der Waals surface area contributed by atoms with Crippen molar-refractivity contribution < 1.29 is 14.3 Å². The zero-order valence-corrected chi connectivity index (χ0v) is 21.0. The van der Waals surface area contributed by atoms with E-state index in [-0.39, 0.29) is 29.9 Å². The quantitative estimate of drug-likeness (QED) is 0.298. The Bertz CT molecular complexity index is 1230.